The van der Waals surface area contributed by atoms with Crippen molar-refractivity contribution >= 4 is 46.1 Å². The molecule has 9 heteroatoms. The number of carbonyl (C=O) groups is 2. The zero-order valence-electron chi connectivity index (χ0n) is 18.0. The van der Waals surface area contributed by atoms with Gasteiger partial charge in [-0.2, -0.15) is 0 Å². The van der Waals surface area contributed by atoms with Crippen molar-refractivity contribution in [1.82, 2.24) is 14.7 Å². The molecule has 2 aromatic heterocycles. The topological polar surface area (TPSA) is 102 Å². The van der Waals surface area contributed by atoms with E-state index < -0.39 is 5.25 Å². The van der Waals surface area contributed by atoms with Crippen LogP contribution in [0.1, 0.15) is 12.7 Å². The number of rotatable bonds is 7. The summed E-state index contributed by atoms with van der Waals surface area (Å²) in [6, 6.07) is 17.2. The molecule has 0 radical (unpaired) electrons. The van der Waals surface area contributed by atoms with Crippen LogP contribution in [0.4, 0.5) is 11.5 Å². The lowest BCUT2D eigenvalue weighted by Gasteiger charge is -2.11. The Morgan fingerprint density at radius 3 is 2.56 bits per heavy atom. The Kier molecular flexibility index (Phi) is 6.27. The predicted octanol–water partition coefficient (Wildman–Crippen LogP) is 4.24. The van der Waals surface area contributed by atoms with Crippen molar-refractivity contribution < 1.29 is 14.1 Å². The Balaban J connectivity index is 1.31. The van der Waals surface area contributed by atoms with Gasteiger partial charge in [0.2, 0.25) is 11.8 Å². The number of anilines is 2. The van der Waals surface area contributed by atoms with E-state index in [1.54, 1.807) is 19.9 Å². The highest BCUT2D eigenvalue weighted by molar-refractivity contribution is 8.01. The molecular weight excluding hydrogens is 426 g/mol. The van der Waals surface area contributed by atoms with Gasteiger partial charge in [-0.25, -0.2) is 4.98 Å². The molecule has 0 spiro atoms. The number of amides is 2. The maximum Gasteiger partial charge on any atom is 0.238 e. The minimum atomic E-state index is -0.419. The standard InChI is InChI=1S/C23H23N5O3S/c1-14-12-20(27-31-14)26-23(30)15(2)32-13-21(29)24-17-10-8-16(9-11-17)22-25-18-6-4-5-7-19(18)28(22)3/h4-12,15H,13H2,1-3H3,(H,24,29)(H,26,27,30). The maximum atomic E-state index is 12.3. The van der Waals surface area contributed by atoms with Gasteiger partial charge in [0.05, 0.1) is 22.0 Å². The third-order valence-electron chi connectivity index (χ3n) is 4.93. The summed E-state index contributed by atoms with van der Waals surface area (Å²) in [5.41, 5.74) is 3.66. The molecule has 0 fully saturated rings. The van der Waals surface area contributed by atoms with Crippen LogP contribution in [0.2, 0.25) is 0 Å². The first-order valence-electron chi connectivity index (χ1n) is 10.1. The number of thioether (sulfide) groups is 1. The second-order valence-corrected chi connectivity index (χ2v) is 8.70. The lowest BCUT2D eigenvalue weighted by Crippen LogP contribution is -2.25. The largest absolute Gasteiger partial charge is 0.360 e. The summed E-state index contributed by atoms with van der Waals surface area (Å²) in [4.78, 5) is 29.2. The van der Waals surface area contributed by atoms with E-state index in [2.05, 4.69) is 15.8 Å². The number of nitrogens with zero attached hydrogens (tertiary/aromatic N) is 3. The van der Waals surface area contributed by atoms with Crippen molar-refractivity contribution in [2.45, 2.75) is 19.1 Å². The summed E-state index contributed by atoms with van der Waals surface area (Å²) in [5.74, 6) is 1.58. The lowest BCUT2D eigenvalue weighted by atomic mass is 10.2. The molecule has 2 aromatic carbocycles. The number of para-hydroxylation sites is 2. The van der Waals surface area contributed by atoms with E-state index in [4.69, 9.17) is 9.51 Å². The van der Waals surface area contributed by atoms with E-state index in [-0.39, 0.29) is 17.6 Å². The zero-order chi connectivity index (χ0) is 22.7. The number of imidazole rings is 1. The molecule has 0 aliphatic carbocycles. The van der Waals surface area contributed by atoms with E-state index in [9.17, 15) is 9.59 Å². The second kappa shape index (κ2) is 9.27. The quantitative estimate of drug-likeness (QED) is 0.438. The SMILES string of the molecule is Cc1cc(NC(=O)C(C)SCC(=O)Nc2ccc(-c3nc4ccccc4n3C)cc2)no1. The molecule has 0 aliphatic rings. The van der Waals surface area contributed by atoms with Gasteiger partial charge in [0.15, 0.2) is 5.82 Å². The predicted molar refractivity (Wildman–Crippen MR) is 127 cm³/mol. The number of carbonyl (C=O) groups excluding carboxylic acids is 2. The number of aromatic nitrogens is 3. The van der Waals surface area contributed by atoms with E-state index in [0.29, 0.717) is 17.3 Å². The number of hydrogen-bond acceptors (Lipinski definition) is 6. The van der Waals surface area contributed by atoms with Crippen LogP contribution in [0, 0.1) is 6.92 Å². The van der Waals surface area contributed by atoms with Crippen molar-refractivity contribution in [1.29, 1.82) is 0 Å². The fourth-order valence-electron chi connectivity index (χ4n) is 3.23. The highest BCUT2D eigenvalue weighted by Gasteiger charge is 2.17. The summed E-state index contributed by atoms with van der Waals surface area (Å²) in [6.07, 6.45) is 0. The van der Waals surface area contributed by atoms with Crippen LogP contribution >= 0.6 is 11.8 Å². The number of nitrogens with one attached hydrogen (secondary N) is 2. The van der Waals surface area contributed by atoms with Crippen LogP contribution in [0.15, 0.2) is 59.1 Å². The number of aryl methyl sites for hydroxylation is 2. The van der Waals surface area contributed by atoms with Crippen molar-refractivity contribution in [3.63, 3.8) is 0 Å². The molecule has 4 aromatic rings. The lowest BCUT2D eigenvalue weighted by molar-refractivity contribution is -0.115. The third kappa shape index (κ3) is 4.83. The van der Waals surface area contributed by atoms with Gasteiger partial charge < -0.3 is 19.7 Å². The number of fused-ring (bicyclic) bond motifs is 1. The van der Waals surface area contributed by atoms with Gasteiger partial charge in [-0.3, -0.25) is 9.59 Å². The van der Waals surface area contributed by atoms with Gasteiger partial charge in [0.1, 0.15) is 11.6 Å². The highest BCUT2D eigenvalue weighted by atomic mass is 32.2. The Bertz CT molecular complexity index is 1260. The first-order valence-corrected chi connectivity index (χ1v) is 11.1. The average Bonchev–Trinajstić information content (AvgIpc) is 3.35. The van der Waals surface area contributed by atoms with E-state index in [1.807, 2.05) is 60.1 Å². The van der Waals surface area contributed by atoms with Gasteiger partial charge in [-0.05, 0) is 50.2 Å². The van der Waals surface area contributed by atoms with Crippen molar-refractivity contribution in [3.8, 4) is 11.4 Å². The maximum absolute atomic E-state index is 12.3. The summed E-state index contributed by atoms with van der Waals surface area (Å²) < 4.78 is 6.98. The first-order chi connectivity index (χ1) is 15.4. The normalized spacial score (nSPS) is 12.0. The fourth-order valence-corrected chi connectivity index (χ4v) is 3.92. The van der Waals surface area contributed by atoms with Gasteiger partial charge >= 0.3 is 0 Å². The molecule has 2 N–H and O–H groups in total. The van der Waals surface area contributed by atoms with Gasteiger partial charge in [0.25, 0.3) is 0 Å². The molecule has 0 saturated carbocycles. The Morgan fingerprint density at radius 1 is 1.12 bits per heavy atom. The van der Waals surface area contributed by atoms with Crippen LogP contribution in [-0.4, -0.2) is 37.5 Å². The van der Waals surface area contributed by atoms with Crippen LogP contribution in [0.25, 0.3) is 22.4 Å². The van der Waals surface area contributed by atoms with E-state index >= 15 is 0 Å². The van der Waals surface area contributed by atoms with Crippen molar-refractivity contribution in [2.24, 2.45) is 7.05 Å². The molecule has 1 atom stereocenters. The average molecular weight is 450 g/mol. The van der Waals surface area contributed by atoms with Crippen molar-refractivity contribution in [3.05, 3.63) is 60.4 Å². The number of hydrogen-bond donors (Lipinski definition) is 2. The molecule has 0 bridgehead atoms. The molecule has 0 saturated heterocycles. The molecule has 32 heavy (non-hydrogen) atoms. The van der Waals surface area contributed by atoms with Crippen LogP contribution in [0.5, 0.6) is 0 Å². The van der Waals surface area contributed by atoms with Crippen molar-refractivity contribution in [2.75, 3.05) is 16.4 Å². The Labute approximate surface area is 189 Å². The van der Waals surface area contributed by atoms with Crippen LogP contribution < -0.4 is 10.6 Å². The summed E-state index contributed by atoms with van der Waals surface area (Å²) in [7, 11) is 1.98. The Morgan fingerprint density at radius 2 is 1.88 bits per heavy atom. The monoisotopic (exact) mass is 449 g/mol. The summed E-state index contributed by atoms with van der Waals surface area (Å²) >= 11 is 1.25. The van der Waals surface area contributed by atoms with Gasteiger partial charge in [-0.15, -0.1) is 11.8 Å². The van der Waals surface area contributed by atoms with E-state index in [1.165, 1.54) is 11.8 Å². The fraction of sp³-hybridized carbons (Fsp3) is 0.217. The smallest absolute Gasteiger partial charge is 0.238 e. The first kappa shape index (κ1) is 21.6. The van der Waals surface area contributed by atoms with Crippen LogP contribution in [-0.2, 0) is 16.6 Å². The van der Waals surface area contributed by atoms with Gasteiger partial charge in [-0.1, -0.05) is 17.3 Å². The Hall–Kier alpha value is -3.59. The highest BCUT2D eigenvalue weighted by Crippen LogP contribution is 2.25. The minimum absolute atomic E-state index is 0.152. The van der Waals surface area contributed by atoms with Gasteiger partial charge in [0, 0.05) is 24.4 Å². The second-order valence-electron chi connectivity index (χ2n) is 7.37. The molecule has 2 heterocycles. The third-order valence-corrected chi connectivity index (χ3v) is 6.07. The molecule has 4 rings (SSSR count). The molecule has 164 valence electrons. The zero-order valence-corrected chi connectivity index (χ0v) is 18.8. The number of benzene rings is 2. The molecule has 8 nitrogen and oxygen atoms in total. The minimum Gasteiger partial charge on any atom is -0.360 e. The molecular formula is C23H23N5O3S. The molecule has 2 amide bonds. The summed E-state index contributed by atoms with van der Waals surface area (Å²) in [5, 5.41) is 8.85. The summed E-state index contributed by atoms with van der Waals surface area (Å²) in [6.45, 7) is 3.49. The van der Waals surface area contributed by atoms with Crippen LogP contribution in [0.3, 0.4) is 0 Å². The molecule has 0 aliphatic heterocycles. The van der Waals surface area contributed by atoms with E-state index in [0.717, 1.165) is 22.4 Å². The molecule has 1 unspecified atom stereocenters.